The minimum atomic E-state index is -0.391. The number of aromatic nitrogens is 1. The van der Waals surface area contributed by atoms with Crippen LogP contribution in [0.2, 0.25) is 0 Å². The van der Waals surface area contributed by atoms with Crippen molar-refractivity contribution in [2.45, 2.75) is 6.92 Å². The molecule has 0 aliphatic rings. The molecule has 3 aromatic rings. The summed E-state index contributed by atoms with van der Waals surface area (Å²) in [6.07, 6.45) is 1.35. The smallest absolute Gasteiger partial charge is 0.287 e. The van der Waals surface area contributed by atoms with E-state index < -0.39 is 5.91 Å². The van der Waals surface area contributed by atoms with E-state index in [0.717, 1.165) is 16.7 Å². The van der Waals surface area contributed by atoms with Gasteiger partial charge in [0, 0.05) is 16.5 Å². The number of nitrogens with one attached hydrogen (secondary N) is 2. The zero-order valence-corrected chi connectivity index (χ0v) is 14.4. The molecular weight excluding hydrogens is 334 g/mol. The number of amides is 1. The van der Waals surface area contributed by atoms with Crippen molar-refractivity contribution in [1.29, 1.82) is 0 Å². The van der Waals surface area contributed by atoms with E-state index in [9.17, 15) is 9.90 Å². The molecule has 0 saturated carbocycles. The van der Waals surface area contributed by atoms with E-state index in [1.54, 1.807) is 24.3 Å². The predicted molar refractivity (Wildman–Crippen MR) is 99.2 cm³/mol. The van der Waals surface area contributed by atoms with E-state index in [4.69, 9.17) is 9.47 Å². The average Bonchev–Trinajstić information content (AvgIpc) is 3.07. The lowest BCUT2D eigenvalue weighted by molar-refractivity contribution is 0.0951. The molecule has 0 spiro atoms. The second kappa shape index (κ2) is 7.60. The van der Waals surface area contributed by atoms with Crippen LogP contribution in [0.25, 0.3) is 10.9 Å². The molecule has 26 heavy (non-hydrogen) atoms. The molecule has 0 unspecified atom stereocenters. The van der Waals surface area contributed by atoms with Crippen molar-refractivity contribution < 1.29 is 19.4 Å². The van der Waals surface area contributed by atoms with Gasteiger partial charge in [-0.1, -0.05) is 6.07 Å². The minimum Gasteiger partial charge on any atom is -0.504 e. The molecule has 7 heteroatoms. The fourth-order valence-corrected chi connectivity index (χ4v) is 2.52. The molecule has 1 aromatic heterocycles. The number of hydrogen-bond acceptors (Lipinski definition) is 5. The van der Waals surface area contributed by atoms with Crippen LogP contribution in [0.3, 0.4) is 0 Å². The van der Waals surface area contributed by atoms with Gasteiger partial charge in [-0.15, -0.1) is 0 Å². The zero-order chi connectivity index (χ0) is 18.5. The maximum Gasteiger partial charge on any atom is 0.287 e. The lowest BCUT2D eigenvalue weighted by Gasteiger charge is -2.04. The summed E-state index contributed by atoms with van der Waals surface area (Å²) in [5, 5.41) is 14.7. The third kappa shape index (κ3) is 3.61. The number of aromatic hydroxyl groups is 1. The number of hydrogen-bond donors (Lipinski definition) is 3. The Balaban J connectivity index is 1.73. The summed E-state index contributed by atoms with van der Waals surface area (Å²) in [5.41, 5.74) is 4.06. The van der Waals surface area contributed by atoms with Crippen LogP contribution in [-0.4, -0.2) is 35.9 Å². The summed E-state index contributed by atoms with van der Waals surface area (Å²) in [5.74, 6) is 0.651. The Bertz CT molecular complexity index is 963. The summed E-state index contributed by atoms with van der Waals surface area (Å²) in [4.78, 5) is 15.3. The van der Waals surface area contributed by atoms with E-state index >= 15 is 0 Å². The average molecular weight is 353 g/mol. The number of hydrazone groups is 1. The molecule has 134 valence electrons. The number of rotatable bonds is 6. The van der Waals surface area contributed by atoms with Crippen LogP contribution < -0.4 is 14.9 Å². The van der Waals surface area contributed by atoms with Crippen LogP contribution >= 0.6 is 0 Å². The molecule has 3 N–H and O–H groups in total. The third-order valence-corrected chi connectivity index (χ3v) is 3.77. The summed E-state index contributed by atoms with van der Waals surface area (Å²) in [6.45, 7) is 2.49. The van der Waals surface area contributed by atoms with Gasteiger partial charge in [0.25, 0.3) is 5.91 Å². The van der Waals surface area contributed by atoms with E-state index in [2.05, 4.69) is 15.5 Å². The quantitative estimate of drug-likeness (QED) is 0.469. The van der Waals surface area contributed by atoms with Crippen molar-refractivity contribution in [3.8, 4) is 17.2 Å². The molecule has 0 bridgehead atoms. The summed E-state index contributed by atoms with van der Waals surface area (Å²) >= 11 is 0. The molecule has 0 saturated heterocycles. The second-order valence-corrected chi connectivity index (χ2v) is 5.46. The Morgan fingerprint density at radius 2 is 2.15 bits per heavy atom. The largest absolute Gasteiger partial charge is 0.504 e. The maximum atomic E-state index is 12.2. The number of nitrogens with zero attached hydrogens (tertiary/aromatic N) is 1. The van der Waals surface area contributed by atoms with Gasteiger partial charge in [0.1, 0.15) is 11.4 Å². The Morgan fingerprint density at radius 1 is 1.31 bits per heavy atom. The monoisotopic (exact) mass is 353 g/mol. The van der Waals surface area contributed by atoms with Crippen LogP contribution in [0.1, 0.15) is 23.0 Å². The third-order valence-electron chi connectivity index (χ3n) is 3.77. The van der Waals surface area contributed by atoms with Crippen molar-refractivity contribution >= 4 is 23.0 Å². The number of carbonyl (C=O) groups excluding carboxylic acids is 1. The van der Waals surface area contributed by atoms with Gasteiger partial charge < -0.3 is 19.6 Å². The molecular formula is C19H19N3O4. The number of fused-ring (bicyclic) bond motifs is 1. The highest BCUT2D eigenvalue weighted by Crippen LogP contribution is 2.28. The first-order chi connectivity index (χ1) is 12.6. The summed E-state index contributed by atoms with van der Waals surface area (Å²) < 4.78 is 10.5. The Labute approximate surface area is 150 Å². The highest BCUT2D eigenvalue weighted by atomic mass is 16.5. The van der Waals surface area contributed by atoms with E-state index in [1.165, 1.54) is 13.3 Å². The normalized spacial score (nSPS) is 11.0. The van der Waals surface area contributed by atoms with Crippen molar-refractivity contribution in [3.05, 3.63) is 53.7 Å². The van der Waals surface area contributed by atoms with Gasteiger partial charge in [0.05, 0.1) is 19.9 Å². The first-order valence-corrected chi connectivity index (χ1v) is 8.07. The van der Waals surface area contributed by atoms with E-state index in [-0.39, 0.29) is 5.75 Å². The van der Waals surface area contributed by atoms with Crippen molar-refractivity contribution in [3.63, 3.8) is 0 Å². The highest BCUT2D eigenvalue weighted by molar-refractivity contribution is 5.98. The first kappa shape index (κ1) is 17.3. The highest BCUT2D eigenvalue weighted by Gasteiger charge is 2.10. The maximum absolute atomic E-state index is 12.2. The fourth-order valence-electron chi connectivity index (χ4n) is 2.52. The van der Waals surface area contributed by atoms with Crippen LogP contribution in [0.5, 0.6) is 17.2 Å². The lowest BCUT2D eigenvalue weighted by Crippen LogP contribution is -2.17. The van der Waals surface area contributed by atoms with Crippen LogP contribution in [0, 0.1) is 0 Å². The summed E-state index contributed by atoms with van der Waals surface area (Å²) in [6, 6.07) is 12.3. The molecule has 1 heterocycles. The number of para-hydroxylation sites is 1. The Morgan fingerprint density at radius 3 is 2.92 bits per heavy atom. The Kier molecular flexibility index (Phi) is 5.07. The number of ether oxygens (including phenoxy) is 2. The van der Waals surface area contributed by atoms with Gasteiger partial charge in [0.15, 0.2) is 11.5 Å². The second-order valence-electron chi connectivity index (χ2n) is 5.46. The standard InChI is InChI=1S/C19H19N3O4/c1-3-26-14-7-8-15-13(9-14)10-16(21-15)19(24)22-20-11-12-5-4-6-17(25-2)18(12)23/h4-11,21,23H,3H2,1-2H3,(H,22,24)/b20-11+. The molecule has 1 amide bonds. The molecule has 2 aromatic carbocycles. The fraction of sp³-hybridized carbons (Fsp3) is 0.158. The number of aromatic amines is 1. The predicted octanol–water partition coefficient (Wildman–Crippen LogP) is 3.04. The summed E-state index contributed by atoms with van der Waals surface area (Å²) in [7, 11) is 1.46. The number of phenolic OH excluding ortho intramolecular Hbond substituents is 1. The SMILES string of the molecule is CCOc1ccc2[nH]c(C(=O)N/N=C/c3cccc(OC)c3O)cc2c1. The van der Waals surface area contributed by atoms with E-state index in [0.29, 0.717) is 23.6 Å². The van der Waals surface area contributed by atoms with Crippen LogP contribution in [0.15, 0.2) is 47.6 Å². The molecule has 0 radical (unpaired) electrons. The molecule has 7 nitrogen and oxygen atoms in total. The minimum absolute atomic E-state index is 0.0398. The van der Waals surface area contributed by atoms with Crippen molar-refractivity contribution in [1.82, 2.24) is 10.4 Å². The number of benzene rings is 2. The van der Waals surface area contributed by atoms with Gasteiger partial charge >= 0.3 is 0 Å². The van der Waals surface area contributed by atoms with Gasteiger partial charge in [0.2, 0.25) is 0 Å². The molecule has 0 aliphatic heterocycles. The molecule has 0 fully saturated rings. The molecule has 0 aliphatic carbocycles. The molecule has 0 atom stereocenters. The number of methoxy groups -OCH3 is 1. The van der Waals surface area contributed by atoms with Gasteiger partial charge in [-0.25, -0.2) is 5.43 Å². The number of H-pyrrole nitrogens is 1. The topological polar surface area (TPSA) is 95.9 Å². The number of carbonyl (C=O) groups is 1. The van der Waals surface area contributed by atoms with E-state index in [1.807, 2.05) is 25.1 Å². The van der Waals surface area contributed by atoms with Crippen molar-refractivity contribution in [2.75, 3.05) is 13.7 Å². The molecule has 3 rings (SSSR count). The van der Waals surface area contributed by atoms with Gasteiger partial charge in [-0.2, -0.15) is 5.10 Å². The van der Waals surface area contributed by atoms with Crippen LogP contribution in [0.4, 0.5) is 0 Å². The van der Waals surface area contributed by atoms with Crippen LogP contribution in [-0.2, 0) is 0 Å². The number of phenols is 1. The lowest BCUT2D eigenvalue weighted by atomic mass is 10.2. The Hall–Kier alpha value is -3.48. The van der Waals surface area contributed by atoms with Gasteiger partial charge in [-0.3, -0.25) is 4.79 Å². The van der Waals surface area contributed by atoms with Gasteiger partial charge in [-0.05, 0) is 43.3 Å². The zero-order valence-electron chi connectivity index (χ0n) is 14.4. The first-order valence-electron chi connectivity index (χ1n) is 8.07. The van der Waals surface area contributed by atoms with Crippen molar-refractivity contribution in [2.24, 2.45) is 5.10 Å².